The van der Waals surface area contributed by atoms with Gasteiger partial charge in [0, 0.05) is 23.8 Å². The molecule has 8 heteroatoms. The van der Waals surface area contributed by atoms with Crippen molar-refractivity contribution in [3.05, 3.63) is 40.0 Å². The average Bonchev–Trinajstić information content (AvgIpc) is 3.37. The highest BCUT2D eigenvalue weighted by atomic mass is 32.1. The molecule has 1 saturated heterocycles. The molecule has 28 heavy (non-hydrogen) atoms. The molecule has 3 aromatic rings. The molecule has 1 atom stereocenters. The van der Waals surface area contributed by atoms with Crippen molar-refractivity contribution in [3.63, 3.8) is 0 Å². The normalized spacial score (nSPS) is 17.7. The fourth-order valence-corrected chi connectivity index (χ4v) is 4.97. The second-order valence-electron chi connectivity index (χ2n) is 7.41. The van der Waals surface area contributed by atoms with Crippen molar-refractivity contribution in [2.24, 2.45) is 5.92 Å². The van der Waals surface area contributed by atoms with Crippen LogP contribution in [0.1, 0.15) is 36.9 Å². The standard InChI is InChI=1S/C20H24N4O2S2/c1-13-4-3-7-24(9-13)10-16-12-28-20(22-16)23-18(25)8-15-11-27-19(21-15)17-6-5-14(2)26-17/h5-6,11-13H,3-4,7-10H2,1-2H3,(H,22,23,25). The van der Waals surface area contributed by atoms with Crippen LogP contribution in [0.15, 0.2) is 27.3 Å². The molecule has 1 N–H and O–H groups in total. The monoisotopic (exact) mass is 416 g/mol. The number of hydrogen-bond donors (Lipinski definition) is 1. The lowest BCUT2D eigenvalue weighted by atomic mass is 10.0. The van der Waals surface area contributed by atoms with Crippen LogP contribution >= 0.6 is 22.7 Å². The molecular formula is C20H24N4O2S2. The fourth-order valence-electron chi connectivity index (χ4n) is 3.48. The molecule has 4 heterocycles. The number of anilines is 1. The van der Waals surface area contributed by atoms with Gasteiger partial charge in [-0.2, -0.15) is 0 Å². The Hall–Kier alpha value is -2.03. The van der Waals surface area contributed by atoms with Crippen molar-refractivity contribution < 1.29 is 9.21 Å². The van der Waals surface area contributed by atoms with Crippen LogP contribution in [-0.4, -0.2) is 33.9 Å². The van der Waals surface area contributed by atoms with E-state index in [0.29, 0.717) is 5.13 Å². The fraction of sp³-hybridized carbons (Fsp3) is 0.450. The first-order valence-electron chi connectivity index (χ1n) is 9.53. The summed E-state index contributed by atoms with van der Waals surface area (Å²) in [7, 11) is 0. The lowest BCUT2D eigenvalue weighted by Crippen LogP contribution is -2.33. The van der Waals surface area contributed by atoms with Gasteiger partial charge in [-0.3, -0.25) is 9.69 Å². The van der Waals surface area contributed by atoms with Gasteiger partial charge in [-0.25, -0.2) is 9.97 Å². The highest BCUT2D eigenvalue weighted by molar-refractivity contribution is 7.14. The van der Waals surface area contributed by atoms with Gasteiger partial charge in [0.05, 0.1) is 17.8 Å². The third-order valence-electron chi connectivity index (χ3n) is 4.77. The average molecular weight is 417 g/mol. The number of carbonyl (C=O) groups excluding carboxylic acids is 1. The summed E-state index contributed by atoms with van der Waals surface area (Å²) in [4.78, 5) is 23.9. The second kappa shape index (κ2) is 8.55. The van der Waals surface area contributed by atoms with Crippen molar-refractivity contribution in [2.45, 2.75) is 39.7 Å². The molecule has 0 radical (unpaired) electrons. The third-order valence-corrected chi connectivity index (χ3v) is 6.48. The maximum absolute atomic E-state index is 12.4. The van der Waals surface area contributed by atoms with Crippen LogP contribution < -0.4 is 5.32 Å². The van der Waals surface area contributed by atoms with Crippen molar-refractivity contribution >= 4 is 33.7 Å². The molecule has 1 aliphatic heterocycles. The molecule has 0 aromatic carbocycles. The second-order valence-corrected chi connectivity index (χ2v) is 9.12. The van der Waals surface area contributed by atoms with Crippen LogP contribution in [0.5, 0.6) is 0 Å². The molecule has 1 aliphatic rings. The molecule has 1 amide bonds. The Bertz CT molecular complexity index is 946. The van der Waals surface area contributed by atoms with Gasteiger partial charge >= 0.3 is 0 Å². The SMILES string of the molecule is Cc1ccc(-c2nc(CC(=O)Nc3nc(CN4CCCC(C)C4)cs3)cs2)o1. The number of nitrogens with one attached hydrogen (secondary N) is 1. The zero-order chi connectivity index (χ0) is 19.5. The molecule has 3 aromatic heterocycles. The number of piperidine rings is 1. The number of aromatic nitrogens is 2. The number of amides is 1. The lowest BCUT2D eigenvalue weighted by molar-refractivity contribution is -0.115. The number of hydrogen-bond acceptors (Lipinski definition) is 7. The first-order chi connectivity index (χ1) is 13.5. The van der Waals surface area contributed by atoms with E-state index >= 15 is 0 Å². The minimum atomic E-state index is -0.0972. The molecule has 4 rings (SSSR count). The van der Waals surface area contributed by atoms with Crippen molar-refractivity contribution in [2.75, 3.05) is 18.4 Å². The molecule has 0 spiro atoms. The van der Waals surface area contributed by atoms with Crippen LogP contribution in [-0.2, 0) is 17.8 Å². The maximum atomic E-state index is 12.4. The number of nitrogens with zero attached hydrogens (tertiary/aromatic N) is 3. The topological polar surface area (TPSA) is 71.3 Å². The number of furan rings is 1. The number of thiazole rings is 2. The Morgan fingerprint density at radius 3 is 2.93 bits per heavy atom. The van der Waals surface area contributed by atoms with Crippen molar-refractivity contribution in [3.8, 4) is 10.8 Å². The van der Waals surface area contributed by atoms with E-state index in [9.17, 15) is 4.79 Å². The van der Waals surface area contributed by atoms with E-state index in [1.165, 1.54) is 35.5 Å². The van der Waals surface area contributed by atoms with Gasteiger partial charge in [0.2, 0.25) is 5.91 Å². The Balaban J connectivity index is 1.31. The van der Waals surface area contributed by atoms with Crippen LogP contribution in [0.4, 0.5) is 5.13 Å². The first-order valence-corrected chi connectivity index (χ1v) is 11.3. The van der Waals surface area contributed by atoms with Gasteiger partial charge in [-0.05, 0) is 44.4 Å². The van der Waals surface area contributed by atoms with E-state index in [2.05, 4.69) is 27.1 Å². The van der Waals surface area contributed by atoms with E-state index in [4.69, 9.17) is 4.42 Å². The molecule has 0 aliphatic carbocycles. The number of likely N-dealkylation sites (tertiary alicyclic amines) is 1. The number of aryl methyl sites for hydroxylation is 1. The predicted octanol–water partition coefficient (Wildman–Crippen LogP) is 4.58. The van der Waals surface area contributed by atoms with E-state index in [0.717, 1.165) is 53.5 Å². The van der Waals surface area contributed by atoms with Crippen LogP contribution in [0.3, 0.4) is 0 Å². The molecule has 1 unspecified atom stereocenters. The summed E-state index contributed by atoms with van der Waals surface area (Å²) in [5.74, 6) is 2.24. The molecule has 6 nitrogen and oxygen atoms in total. The van der Waals surface area contributed by atoms with E-state index in [1.807, 2.05) is 29.8 Å². The van der Waals surface area contributed by atoms with E-state index in [-0.39, 0.29) is 12.3 Å². The van der Waals surface area contributed by atoms with Gasteiger partial charge in [0.25, 0.3) is 0 Å². The Morgan fingerprint density at radius 2 is 2.14 bits per heavy atom. The van der Waals surface area contributed by atoms with Crippen LogP contribution in [0.25, 0.3) is 10.8 Å². The summed E-state index contributed by atoms with van der Waals surface area (Å²) in [6, 6.07) is 3.81. The van der Waals surface area contributed by atoms with Crippen molar-refractivity contribution in [1.29, 1.82) is 0 Å². The van der Waals surface area contributed by atoms with Gasteiger partial charge in [-0.15, -0.1) is 22.7 Å². The quantitative estimate of drug-likeness (QED) is 0.637. The minimum absolute atomic E-state index is 0.0972. The minimum Gasteiger partial charge on any atom is -0.459 e. The largest absolute Gasteiger partial charge is 0.459 e. The highest BCUT2D eigenvalue weighted by Crippen LogP contribution is 2.26. The van der Waals surface area contributed by atoms with E-state index < -0.39 is 0 Å². The van der Waals surface area contributed by atoms with Gasteiger partial charge in [0.1, 0.15) is 5.76 Å². The summed E-state index contributed by atoms with van der Waals surface area (Å²) in [5.41, 5.74) is 1.77. The molecule has 0 bridgehead atoms. The smallest absolute Gasteiger partial charge is 0.232 e. The summed E-state index contributed by atoms with van der Waals surface area (Å²) >= 11 is 2.96. The molecule has 1 fully saturated rings. The van der Waals surface area contributed by atoms with Gasteiger partial charge in [-0.1, -0.05) is 6.92 Å². The highest BCUT2D eigenvalue weighted by Gasteiger charge is 2.18. The first kappa shape index (κ1) is 19.3. The van der Waals surface area contributed by atoms with Gasteiger partial charge < -0.3 is 9.73 Å². The van der Waals surface area contributed by atoms with Crippen LogP contribution in [0, 0.1) is 12.8 Å². The zero-order valence-corrected chi connectivity index (χ0v) is 17.7. The zero-order valence-electron chi connectivity index (χ0n) is 16.1. The maximum Gasteiger partial charge on any atom is 0.232 e. The number of rotatable bonds is 6. The lowest BCUT2D eigenvalue weighted by Gasteiger charge is -2.30. The summed E-state index contributed by atoms with van der Waals surface area (Å²) in [6.07, 6.45) is 2.80. The molecular weight excluding hydrogens is 392 g/mol. The van der Waals surface area contributed by atoms with Crippen LogP contribution in [0.2, 0.25) is 0 Å². The van der Waals surface area contributed by atoms with Crippen molar-refractivity contribution in [1.82, 2.24) is 14.9 Å². The van der Waals surface area contributed by atoms with E-state index in [1.54, 1.807) is 0 Å². The molecule has 0 saturated carbocycles. The Kier molecular flexibility index (Phi) is 5.89. The summed E-state index contributed by atoms with van der Waals surface area (Å²) in [6.45, 7) is 7.32. The third kappa shape index (κ3) is 4.87. The molecule has 148 valence electrons. The summed E-state index contributed by atoms with van der Waals surface area (Å²) in [5, 5.41) is 8.29. The Labute approximate surface area is 172 Å². The summed E-state index contributed by atoms with van der Waals surface area (Å²) < 4.78 is 5.59. The Morgan fingerprint density at radius 1 is 1.29 bits per heavy atom. The number of carbonyl (C=O) groups is 1. The van der Waals surface area contributed by atoms with Gasteiger partial charge in [0.15, 0.2) is 15.9 Å². The predicted molar refractivity (Wildman–Crippen MR) is 113 cm³/mol.